The van der Waals surface area contributed by atoms with Gasteiger partial charge in [-0.25, -0.2) is 0 Å². The normalized spacial score (nSPS) is 18.0. The zero-order valence-electron chi connectivity index (χ0n) is 20.9. The van der Waals surface area contributed by atoms with Gasteiger partial charge in [-0.05, 0) is 25.3 Å². The molecule has 5 rings (SSSR count). The van der Waals surface area contributed by atoms with Gasteiger partial charge in [0.1, 0.15) is 10.6 Å². The van der Waals surface area contributed by atoms with E-state index < -0.39 is 12.0 Å². The average Bonchev–Trinajstić information content (AvgIpc) is 3.59. The van der Waals surface area contributed by atoms with Gasteiger partial charge in [-0.1, -0.05) is 20.3 Å². The zero-order chi connectivity index (χ0) is 26.2. The number of rotatable bonds is 8. The van der Waals surface area contributed by atoms with Gasteiger partial charge in [0.05, 0.1) is 18.5 Å². The average molecular weight is 538 g/mol. The number of carbonyl (C=O) groups excluding carboxylic acids is 1. The van der Waals surface area contributed by atoms with Crippen molar-refractivity contribution in [2.24, 2.45) is 5.92 Å². The van der Waals surface area contributed by atoms with Crippen LogP contribution in [0.1, 0.15) is 56.1 Å². The van der Waals surface area contributed by atoms with E-state index in [-0.39, 0.29) is 36.7 Å². The second-order valence-corrected chi connectivity index (χ2v) is 10.7. The number of carbonyl (C=O) groups is 1. The number of nitrogens with zero attached hydrogens (tertiary/aromatic N) is 7. The maximum absolute atomic E-state index is 13.3. The predicted molar refractivity (Wildman–Crippen MR) is 133 cm³/mol. The maximum atomic E-state index is 13.3. The molecule has 0 N–H and O–H groups in total. The summed E-state index contributed by atoms with van der Waals surface area (Å²) >= 11 is 1.58. The summed E-state index contributed by atoms with van der Waals surface area (Å²) in [4.78, 5) is 27.4. The van der Waals surface area contributed by atoms with E-state index in [0.29, 0.717) is 31.9 Å². The number of halogens is 3. The number of hydrogen-bond acceptors (Lipinski definition) is 8. The Morgan fingerprint density at radius 3 is 2.76 bits per heavy atom. The highest BCUT2D eigenvalue weighted by atomic mass is 32.1. The van der Waals surface area contributed by atoms with Crippen LogP contribution in [0.25, 0.3) is 10.2 Å². The summed E-state index contributed by atoms with van der Waals surface area (Å²) in [6, 6.07) is 2.31. The lowest BCUT2D eigenvalue weighted by molar-refractivity contribution is -0.147. The van der Waals surface area contributed by atoms with Crippen molar-refractivity contribution in [3.05, 3.63) is 22.6 Å². The van der Waals surface area contributed by atoms with Crippen LogP contribution in [0.4, 0.5) is 19.0 Å². The topological polar surface area (TPSA) is 89.3 Å². The van der Waals surface area contributed by atoms with E-state index in [1.54, 1.807) is 11.3 Å². The largest absolute Gasteiger partial charge is 0.463 e. The van der Waals surface area contributed by atoms with Crippen LogP contribution in [0.2, 0.25) is 0 Å². The first kappa shape index (κ1) is 25.7. The standard InChI is InChI=1S/C24H30F3N7O2S/c1-3-5-16-11-17-20(33-9-10-34-18(13-33)30-31-22(34)24(25,26)27)28-23(29-21(17)37-16)36-14-15-7-8-32(12-15)19(35)6-4-2/h11,15H,3-10,12-14H2,1-2H3/t15-/m0/s1. The van der Waals surface area contributed by atoms with Crippen LogP contribution < -0.4 is 9.64 Å². The fourth-order valence-electron chi connectivity index (χ4n) is 4.92. The molecule has 13 heteroatoms. The lowest BCUT2D eigenvalue weighted by atomic mass is 10.1. The molecule has 0 radical (unpaired) electrons. The Hall–Kier alpha value is -2.96. The number of hydrogen-bond donors (Lipinski definition) is 0. The van der Waals surface area contributed by atoms with Crippen LogP contribution in [0, 0.1) is 5.92 Å². The third-order valence-corrected chi connectivity index (χ3v) is 7.85. The van der Waals surface area contributed by atoms with Gasteiger partial charge in [0.25, 0.3) is 0 Å². The van der Waals surface area contributed by atoms with Crippen molar-refractivity contribution in [2.45, 2.75) is 65.2 Å². The van der Waals surface area contributed by atoms with Crippen LogP contribution in [-0.2, 0) is 30.5 Å². The van der Waals surface area contributed by atoms with Gasteiger partial charge >= 0.3 is 12.2 Å². The van der Waals surface area contributed by atoms with Gasteiger partial charge in [-0.15, -0.1) is 21.5 Å². The van der Waals surface area contributed by atoms with Gasteiger partial charge in [0.15, 0.2) is 5.82 Å². The van der Waals surface area contributed by atoms with Crippen molar-refractivity contribution in [3.8, 4) is 6.01 Å². The highest BCUT2D eigenvalue weighted by Gasteiger charge is 2.40. The molecule has 1 atom stereocenters. The molecule has 200 valence electrons. The van der Waals surface area contributed by atoms with Gasteiger partial charge in [0, 0.05) is 43.4 Å². The molecular weight excluding hydrogens is 507 g/mol. The van der Waals surface area contributed by atoms with Crippen molar-refractivity contribution in [1.82, 2.24) is 29.6 Å². The highest BCUT2D eigenvalue weighted by Crippen LogP contribution is 2.36. The lowest BCUT2D eigenvalue weighted by Gasteiger charge is -2.29. The Morgan fingerprint density at radius 1 is 1.16 bits per heavy atom. The van der Waals surface area contributed by atoms with Crippen molar-refractivity contribution in [1.29, 1.82) is 0 Å². The molecule has 5 heterocycles. The van der Waals surface area contributed by atoms with E-state index in [1.165, 1.54) is 4.88 Å². The van der Waals surface area contributed by atoms with Crippen molar-refractivity contribution < 1.29 is 22.7 Å². The molecule has 2 aliphatic rings. The van der Waals surface area contributed by atoms with E-state index in [0.717, 1.165) is 47.0 Å². The van der Waals surface area contributed by atoms with E-state index in [9.17, 15) is 18.0 Å². The fourth-order valence-corrected chi connectivity index (χ4v) is 6.04. The van der Waals surface area contributed by atoms with Gasteiger partial charge in [-0.2, -0.15) is 23.1 Å². The third-order valence-electron chi connectivity index (χ3n) is 6.76. The van der Waals surface area contributed by atoms with Crippen molar-refractivity contribution >= 4 is 33.3 Å². The molecule has 0 spiro atoms. The number of aryl methyl sites for hydroxylation is 1. The second kappa shape index (κ2) is 10.4. The first-order chi connectivity index (χ1) is 17.8. The number of thiophene rings is 1. The lowest BCUT2D eigenvalue weighted by Crippen LogP contribution is -2.36. The third kappa shape index (κ3) is 5.36. The summed E-state index contributed by atoms with van der Waals surface area (Å²) in [5.41, 5.74) is 0. The number of anilines is 1. The van der Waals surface area contributed by atoms with Crippen LogP contribution in [0.15, 0.2) is 6.07 Å². The second-order valence-electron chi connectivity index (χ2n) is 9.58. The molecular formula is C24H30F3N7O2S. The van der Waals surface area contributed by atoms with Gasteiger partial charge in [-0.3, -0.25) is 4.79 Å². The molecule has 0 aromatic carbocycles. The summed E-state index contributed by atoms with van der Waals surface area (Å²) in [6.07, 6.45) is -0.393. The zero-order valence-corrected chi connectivity index (χ0v) is 21.7. The molecule has 0 aliphatic carbocycles. The van der Waals surface area contributed by atoms with Crippen LogP contribution >= 0.6 is 11.3 Å². The summed E-state index contributed by atoms with van der Waals surface area (Å²) in [5.74, 6) is 0.297. The van der Waals surface area contributed by atoms with E-state index in [4.69, 9.17) is 9.72 Å². The molecule has 9 nitrogen and oxygen atoms in total. The Labute approximate surface area is 216 Å². The van der Waals surface area contributed by atoms with Crippen molar-refractivity contribution in [2.75, 3.05) is 31.1 Å². The quantitative estimate of drug-likeness (QED) is 0.423. The molecule has 2 aliphatic heterocycles. The van der Waals surface area contributed by atoms with Crippen LogP contribution in [-0.4, -0.2) is 61.8 Å². The first-order valence-electron chi connectivity index (χ1n) is 12.7. The maximum Gasteiger partial charge on any atom is 0.451 e. The van der Waals surface area contributed by atoms with Gasteiger partial charge in [0.2, 0.25) is 11.7 Å². The number of aromatic nitrogens is 5. The number of alkyl halides is 3. The van der Waals surface area contributed by atoms with Crippen LogP contribution in [0.3, 0.4) is 0 Å². The smallest absolute Gasteiger partial charge is 0.451 e. The monoisotopic (exact) mass is 537 g/mol. The Morgan fingerprint density at radius 2 is 2.00 bits per heavy atom. The summed E-state index contributed by atoms with van der Waals surface area (Å²) < 4.78 is 47.0. The van der Waals surface area contributed by atoms with Gasteiger partial charge < -0.3 is 19.1 Å². The van der Waals surface area contributed by atoms with E-state index in [2.05, 4.69) is 28.2 Å². The minimum atomic E-state index is -4.55. The summed E-state index contributed by atoms with van der Waals surface area (Å²) in [7, 11) is 0. The molecule has 1 amide bonds. The molecule has 0 saturated carbocycles. The molecule has 1 saturated heterocycles. The molecule has 3 aromatic heterocycles. The summed E-state index contributed by atoms with van der Waals surface area (Å²) in [6.45, 7) is 6.50. The van der Waals surface area contributed by atoms with Crippen LogP contribution in [0.5, 0.6) is 6.01 Å². The first-order valence-corrected chi connectivity index (χ1v) is 13.5. The fraction of sp³-hybridized carbons (Fsp3) is 0.625. The highest BCUT2D eigenvalue weighted by molar-refractivity contribution is 7.18. The Balaban J connectivity index is 1.37. The van der Waals surface area contributed by atoms with E-state index >= 15 is 0 Å². The molecule has 3 aromatic rings. The molecule has 37 heavy (non-hydrogen) atoms. The minimum Gasteiger partial charge on any atom is -0.463 e. The van der Waals surface area contributed by atoms with E-state index in [1.807, 2.05) is 16.7 Å². The number of ether oxygens (including phenoxy) is 1. The Kier molecular flexibility index (Phi) is 7.24. The molecule has 0 bridgehead atoms. The molecule has 1 fully saturated rings. The SMILES string of the molecule is CCCC(=O)N1CC[C@H](COc2nc(N3CCn4c(nnc4C(F)(F)F)C3)c3cc(CCC)sc3n2)C1. The van der Waals surface area contributed by atoms with Crippen molar-refractivity contribution in [3.63, 3.8) is 0 Å². The number of amides is 1. The number of fused-ring (bicyclic) bond motifs is 2. The Bertz CT molecular complexity index is 1280. The predicted octanol–water partition coefficient (Wildman–Crippen LogP) is 4.30. The molecule has 0 unspecified atom stereocenters. The minimum absolute atomic E-state index is 0.106. The summed E-state index contributed by atoms with van der Waals surface area (Å²) in [5, 5.41) is 8.06. The number of likely N-dealkylation sites (tertiary alicyclic amines) is 1.